The lowest BCUT2D eigenvalue weighted by Gasteiger charge is -2.20. The van der Waals surface area contributed by atoms with Crippen molar-refractivity contribution in [3.63, 3.8) is 0 Å². The lowest BCUT2D eigenvalue weighted by atomic mass is 9.92. The molecular formula is C32H35N5O5. The van der Waals surface area contributed by atoms with Crippen molar-refractivity contribution >= 4 is 34.6 Å². The predicted molar refractivity (Wildman–Crippen MR) is 157 cm³/mol. The van der Waals surface area contributed by atoms with Crippen LogP contribution in [0.1, 0.15) is 37.8 Å². The molecule has 0 saturated carbocycles. The van der Waals surface area contributed by atoms with E-state index in [-0.39, 0.29) is 30.9 Å². The van der Waals surface area contributed by atoms with E-state index in [0.29, 0.717) is 6.42 Å². The maximum atomic E-state index is 13.3. The molecule has 1 aliphatic heterocycles. The second-order valence-electron chi connectivity index (χ2n) is 11.1. The fourth-order valence-electron chi connectivity index (χ4n) is 5.16. The molecule has 0 spiro atoms. The summed E-state index contributed by atoms with van der Waals surface area (Å²) in [5, 5.41) is 22.1. The van der Waals surface area contributed by atoms with Crippen LogP contribution in [0.25, 0.3) is 10.8 Å². The minimum absolute atomic E-state index is 0.0312. The van der Waals surface area contributed by atoms with Gasteiger partial charge in [-0.1, -0.05) is 72.8 Å². The summed E-state index contributed by atoms with van der Waals surface area (Å²) in [6.45, 7) is 3.43. The highest BCUT2D eigenvalue weighted by Crippen LogP contribution is 2.27. The molecule has 42 heavy (non-hydrogen) atoms. The molecule has 1 saturated heterocycles. The molecule has 0 radical (unpaired) electrons. The third-order valence-corrected chi connectivity index (χ3v) is 7.15. The molecule has 10 heteroatoms. The Balaban J connectivity index is 1.38. The second kappa shape index (κ2) is 13.6. The zero-order valence-electron chi connectivity index (χ0n) is 23.7. The molecule has 1 fully saturated rings. The molecule has 4 amide bonds. The van der Waals surface area contributed by atoms with E-state index in [1.807, 2.05) is 92.7 Å². The van der Waals surface area contributed by atoms with Gasteiger partial charge in [0.05, 0.1) is 12.6 Å². The van der Waals surface area contributed by atoms with Gasteiger partial charge in [0.25, 0.3) is 0 Å². The van der Waals surface area contributed by atoms with E-state index in [9.17, 15) is 24.4 Å². The fraction of sp³-hybridized carbons (Fsp3) is 0.344. The van der Waals surface area contributed by atoms with Gasteiger partial charge in [0, 0.05) is 17.9 Å². The number of carbonyl (C=O) groups excluding carboxylic acids is 4. The number of amides is 4. The molecule has 0 aromatic heterocycles. The van der Waals surface area contributed by atoms with Crippen molar-refractivity contribution in [3.8, 4) is 6.07 Å². The van der Waals surface area contributed by atoms with Gasteiger partial charge >= 0.3 is 6.09 Å². The first-order valence-electron chi connectivity index (χ1n) is 13.9. The van der Waals surface area contributed by atoms with Crippen molar-refractivity contribution in [3.05, 3.63) is 83.9 Å². The molecule has 3 unspecified atom stereocenters. The zero-order valence-corrected chi connectivity index (χ0v) is 23.7. The highest BCUT2D eigenvalue weighted by atomic mass is 16.5. The van der Waals surface area contributed by atoms with Gasteiger partial charge in [-0.2, -0.15) is 5.26 Å². The fourth-order valence-corrected chi connectivity index (χ4v) is 5.16. The third kappa shape index (κ3) is 8.30. The summed E-state index contributed by atoms with van der Waals surface area (Å²) in [5.41, 5.74) is 1.27. The van der Waals surface area contributed by atoms with Crippen molar-refractivity contribution in [2.45, 2.75) is 57.3 Å². The van der Waals surface area contributed by atoms with Gasteiger partial charge in [0.2, 0.25) is 17.7 Å². The monoisotopic (exact) mass is 569 g/mol. The second-order valence-corrected chi connectivity index (χ2v) is 11.1. The third-order valence-electron chi connectivity index (χ3n) is 7.15. The highest BCUT2D eigenvalue weighted by molar-refractivity contribution is 5.91. The molecule has 1 heterocycles. The van der Waals surface area contributed by atoms with Crippen molar-refractivity contribution in [1.82, 2.24) is 21.3 Å². The zero-order chi connectivity index (χ0) is 30.1. The van der Waals surface area contributed by atoms with E-state index in [2.05, 4.69) is 21.3 Å². The number of nitrogens with zero attached hydrogens (tertiary/aromatic N) is 1. The van der Waals surface area contributed by atoms with Crippen LogP contribution in [0.5, 0.6) is 0 Å². The quantitative estimate of drug-likeness (QED) is 0.279. The number of ether oxygens (including phenoxy) is 1. The van der Waals surface area contributed by atoms with Gasteiger partial charge < -0.3 is 26.0 Å². The number of hydrogen-bond acceptors (Lipinski definition) is 6. The van der Waals surface area contributed by atoms with Gasteiger partial charge in [0.1, 0.15) is 18.7 Å². The Bertz CT molecular complexity index is 1480. The van der Waals surface area contributed by atoms with Gasteiger partial charge in [-0.05, 0) is 48.6 Å². The summed E-state index contributed by atoms with van der Waals surface area (Å²) in [5.74, 6) is -1.71. The molecule has 218 valence electrons. The van der Waals surface area contributed by atoms with Gasteiger partial charge in [-0.25, -0.2) is 4.79 Å². The number of hydrogen-bond donors (Lipinski definition) is 4. The van der Waals surface area contributed by atoms with Crippen LogP contribution in [0.15, 0.2) is 72.8 Å². The number of alkyl carbamates (subject to hydrolysis) is 1. The van der Waals surface area contributed by atoms with Crippen LogP contribution in [0.3, 0.4) is 0 Å². The molecule has 3 aromatic rings. The molecular weight excluding hydrogens is 534 g/mol. The number of nitrogens with one attached hydrogen (secondary N) is 4. The Kier molecular flexibility index (Phi) is 9.76. The van der Waals surface area contributed by atoms with E-state index in [4.69, 9.17) is 4.74 Å². The maximum absolute atomic E-state index is 13.3. The smallest absolute Gasteiger partial charge is 0.408 e. The molecule has 1 aliphatic rings. The first kappa shape index (κ1) is 30.1. The van der Waals surface area contributed by atoms with E-state index in [1.54, 1.807) is 0 Å². The standard InChI is InChI=1S/C32H35N5O5/c1-32(2)17-24(29(39)37-32)15-25(18-33)35-28(38)19-34-30(40)27(36-31(41)42-20-21-9-4-3-5-10-21)16-23-13-8-12-22-11-6-7-14-26(22)23/h3-14,24-25,27H,15-17,19-20H2,1-2H3,(H,34,40)(H,35,38)(H,36,41)(H,37,39). The van der Waals surface area contributed by atoms with E-state index in [0.717, 1.165) is 21.9 Å². The van der Waals surface area contributed by atoms with Gasteiger partial charge in [0.15, 0.2) is 0 Å². The Morgan fingerprint density at radius 1 is 1.02 bits per heavy atom. The van der Waals surface area contributed by atoms with Crippen LogP contribution in [0.2, 0.25) is 0 Å². The Morgan fingerprint density at radius 3 is 2.45 bits per heavy atom. The SMILES string of the molecule is CC1(C)CC(CC(C#N)NC(=O)CNC(=O)C(Cc2cccc3ccccc23)NC(=O)OCc2ccccc2)C(=O)N1. The summed E-state index contributed by atoms with van der Waals surface area (Å²) in [6.07, 6.45) is 0.108. The first-order valence-corrected chi connectivity index (χ1v) is 13.9. The van der Waals surface area contributed by atoms with E-state index in [1.165, 1.54) is 0 Å². The molecule has 0 aliphatic carbocycles. The summed E-state index contributed by atoms with van der Waals surface area (Å²) in [6, 6.07) is 22.7. The average Bonchev–Trinajstić information content (AvgIpc) is 3.24. The average molecular weight is 570 g/mol. The summed E-state index contributed by atoms with van der Waals surface area (Å²) >= 11 is 0. The van der Waals surface area contributed by atoms with Gasteiger partial charge in [-0.3, -0.25) is 14.4 Å². The Hall–Kier alpha value is -4.91. The Labute approximate surface area is 244 Å². The summed E-state index contributed by atoms with van der Waals surface area (Å²) in [7, 11) is 0. The largest absolute Gasteiger partial charge is 0.445 e. The maximum Gasteiger partial charge on any atom is 0.408 e. The van der Waals surface area contributed by atoms with Crippen molar-refractivity contribution in [2.24, 2.45) is 5.92 Å². The lowest BCUT2D eigenvalue weighted by molar-refractivity contribution is -0.127. The normalized spacial score (nSPS) is 16.9. The molecule has 4 rings (SSSR count). The van der Waals surface area contributed by atoms with Crippen molar-refractivity contribution < 1.29 is 23.9 Å². The van der Waals surface area contributed by atoms with Crippen LogP contribution in [0, 0.1) is 17.2 Å². The van der Waals surface area contributed by atoms with Crippen molar-refractivity contribution in [1.29, 1.82) is 5.26 Å². The van der Waals surface area contributed by atoms with Crippen molar-refractivity contribution in [2.75, 3.05) is 6.54 Å². The van der Waals surface area contributed by atoms with Gasteiger partial charge in [-0.15, -0.1) is 0 Å². The number of nitriles is 1. The first-order chi connectivity index (χ1) is 20.1. The van der Waals surface area contributed by atoms with Crippen LogP contribution >= 0.6 is 0 Å². The molecule has 4 N–H and O–H groups in total. The number of carbonyl (C=O) groups is 4. The Morgan fingerprint density at radius 2 is 1.74 bits per heavy atom. The summed E-state index contributed by atoms with van der Waals surface area (Å²) in [4.78, 5) is 50.8. The highest BCUT2D eigenvalue weighted by Gasteiger charge is 2.38. The molecule has 3 atom stereocenters. The minimum Gasteiger partial charge on any atom is -0.445 e. The van der Waals surface area contributed by atoms with Crippen LogP contribution in [0.4, 0.5) is 4.79 Å². The predicted octanol–water partition coefficient (Wildman–Crippen LogP) is 3.11. The number of fused-ring (bicyclic) bond motifs is 1. The van der Waals surface area contributed by atoms with E-state index >= 15 is 0 Å². The lowest BCUT2D eigenvalue weighted by Crippen LogP contribution is -2.51. The van der Waals surface area contributed by atoms with Crippen LogP contribution in [-0.4, -0.2) is 48.0 Å². The molecule has 3 aromatic carbocycles. The van der Waals surface area contributed by atoms with Crippen LogP contribution < -0.4 is 21.3 Å². The van der Waals surface area contributed by atoms with E-state index < -0.39 is 42.5 Å². The number of benzene rings is 3. The molecule has 10 nitrogen and oxygen atoms in total. The topological polar surface area (TPSA) is 149 Å². The minimum atomic E-state index is -1.04. The molecule has 0 bridgehead atoms. The summed E-state index contributed by atoms with van der Waals surface area (Å²) < 4.78 is 5.34. The number of rotatable bonds is 11. The van der Waals surface area contributed by atoms with Crippen LogP contribution in [-0.2, 0) is 32.1 Å².